The Morgan fingerprint density at radius 1 is 1.05 bits per heavy atom. The fourth-order valence-corrected chi connectivity index (χ4v) is 2.79. The van der Waals surface area contributed by atoms with Crippen LogP contribution in [0, 0.1) is 10.1 Å². The van der Waals surface area contributed by atoms with E-state index >= 15 is 0 Å². The molecule has 22 heavy (non-hydrogen) atoms. The fraction of sp³-hybridized carbons (Fsp3) is 0.0714. The Morgan fingerprint density at radius 2 is 1.59 bits per heavy atom. The van der Waals surface area contributed by atoms with Gasteiger partial charge in [-0.3, -0.25) is 19.6 Å². The van der Waals surface area contributed by atoms with Gasteiger partial charge in [0.2, 0.25) is 0 Å². The van der Waals surface area contributed by atoms with Gasteiger partial charge in [0.05, 0.1) is 9.82 Å². The maximum Gasteiger partial charge on any atom is 0.269 e. The van der Waals surface area contributed by atoms with Crippen molar-refractivity contribution in [1.82, 2.24) is 0 Å². The largest absolute Gasteiger partial charge is 0.295 e. The zero-order valence-electron chi connectivity index (χ0n) is 11.5. The van der Waals surface area contributed by atoms with Crippen molar-refractivity contribution in [2.24, 2.45) is 0 Å². The van der Waals surface area contributed by atoms with Crippen LogP contribution in [0.4, 0.5) is 11.4 Å². The molecule has 2 rings (SSSR count). The Balaban J connectivity index is 2.23. The Bertz CT molecular complexity index is 811. The van der Waals surface area contributed by atoms with Crippen LogP contribution < -0.4 is 4.72 Å². The molecule has 0 aliphatic rings. The molecule has 0 heterocycles. The molecule has 8 heteroatoms. The highest BCUT2D eigenvalue weighted by atomic mass is 32.2. The van der Waals surface area contributed by atoms with Gasteiger partial charge in [0.1, 0.15) is 0 Å². The number of hydrogen-bond acceptors (Lipinski definition) is 5. The van der Waals surface area contributed by atoms with Crippen molar-refractivity contribution in [3.05, 3.63) is 64.2 Å². The number of benzene rings is 2. The van der Waals surface area contributed by atoms with Crippen molar-refractivity contribution in [3.8, 4) is 0 Å². The van der Waals surface area contributed by atoms with Crippen molar-refractivity contribution in [1.29, 1.82) is 0 Å². The van der Waals surface area contributed by atoms with Gasteiger partial charge in [0, 0.05) is 23.4 Å². The third kappa shape index (κ3) is 3.47. The first kappa shape index (κ1) is 15.6. The van der Waals surface area contributed by atoms with Crippen molar-refractivity contribution in [2.45, 2.75) is 11.8 Å². The predicted molar refractivity (Wildman–Crippen MR) is 80.4 cm³/mol. The summed E-state index contributed by atoms with van der Waals surface area (Å²) in [4.78, 5) is 21.0. The number of anilines is 1. The van der Waals surface area contributed by atoms with Gasteiger partial charge in [-0.05, 0) is 43.3 Å². The molecule has 0 fully saturated rings. The summed E-state index contributed by atoms with van der Waals surface area (Å²) in [6.07, 6.45) is 0. The number of nitrogens with zero attached hydrogens (tertiary/aromatic N) is 1. The first-order valence-electron chi connectivity index (χ1n) is 6.18. The lowest BCUT2D eigenvalue weighted by atomic mass is 10.1. The van der Waals surface area contributed by atoms with Crippen LogP contribution in [0.15, 0.2) is 53.4 Å². The topological polar surface area (TPSA) is 106 Å². The summed E-state index contributed by atoms with van der Waals surface area (Å²) >= 11 is 0. The number of nitrogens with one attached hydrogen (secondary N) is 1. The fourth-order valence-electron chi connectivity index (χ4n) is 1.73. The van der Waals surface area contributed by atoms with Crippen LogP contribution in [0.1, 0.15) is 17.3 Å². The number of carbonyl (C=O) groups is 1. The van der Waals surface area contributed by atoms with E-state index < -0.39 is 14.9 Å². The molecule has 114 valence electrons. The third-order valence-corrected chi connectivity index (χ3v) is 4.30. The Kier molecular flexibility index (Phi) is 4.22. The normalized spacial score (nSPS) is 11.0. The number of sulfonamides is 1. The van der Waals surface area contributed by atoms with Gasteiger partial charge in [-0.15, -0.1) is 0 Å². The standard InChI is InChI=1S/C14H12N2O5S/c1-10(17)11-2-4-12(5-3-11)15-22(20,21)14-8-6-13(7-9-14)16(18)19/h2-9,15H,1H3. The lowest BCUT2D eigenvalue weighted by Gasteiger charge is -2.08. The van der Waals surface area contributed by atoms with Gasteiger partial charge >= 0.3 is 0 Å². The molecule has 0 aromatic heterocycles. The molecule has 2 aromatic rings. The number of non-ortho nitro benzene ring substituents is 1. The molecule has 0 spiro atoms. The Labute approximate surface area is 126 Å². The van der Waals surface area contributed by atoms with E-state index in [9.17, 15) is 23.3 Å². The Morgan fingerprint density at radius 3 is 2.05 bits per heavy atom. The molecule has 0 aliphatic carbocycles. The van der Waals surface area contributed by atoms with Gasteiger partial charge in [0.25, 0.3) is 15.7 Å². The summed E-state index contributed by atoms with van der Waals surface area (Å²) in [5.41, 5.74) is 0.575. The summed E-state index contributed by atoms with van der Waals surface area (Å²) in [5, 5.41) is 10.6. The summed E-state index contributed by atoms with van der Waals surface area (Å²) in [6, 6.07) is 10.5. The number of hydrogen-bond donors (Lipinski definition) is 1. The lowest BCUT2D eigenvalue weighted by Crippen LogP contribution is -2.13. The molecular formula is C14H12N2O5S. The maximum absolute atomic E-state index is 12.2. The first-order valence-corrected chi connectivity index (χ1v) is 7.66. The van der Waals surface area contributed by atoms with E-state index in [0.717, 1.165) is 24.3 Å². The summed E-state index contributed by atoms with van der Waals surface area (Å²) in [7, 11) is -3.85. The monoisotopic (exact) mass is 320 g/mol. The lowest BCUT2D eigenvalue weighted by molar-refractivity contribution is -0.384. The SMILES string of the molecule is CC(=O)c1ccc(NS(=O)(=O)c2ccc([N+](=O)[O-])cc2)cc1. The van der Waals surface area contributed by atoms with Gasteiger partial charge in [-0.25, -0.2) is 8.42 Å². The van der Waals surface area contributed by atoms with E-state index in [1.54, 1.807) is 0 Å². The molecule has 0 radical (unpaired) electrons. The Hall–Kier alpha value is -2.74. The number of ketones is 1. The average Bonchev–Trinajstić information content (AvgIpc) is 2.47. The van der Waals surface area contributed by atoms with Crippen LogP contribution in [0.25, 0.3) is 0 Å². The molecule has 0 saturated carbocycles. The van der Waals surface area contributed by atoms with Gasteiger partial charge < -0.3 is 0 Å². The second-order valence-electron chi connectivity index (χ2n) is 4.49. The van der Waals surface area contributed by atoms with Crippen LogP contribution in [0.2, 0.25) is 0 Å². The van der Waals surface area contributed by atoms with E-state index in [1.165, 1.54) is 31.2 Å². The highest BCUT2D eigenvalue weighted by Gasteiger charge is 2.16. The molecule has 0 atom stereocenters. The van der Waals surface area contributed by atoms with Gasteiger partial charge in [0.15, 0.2) is 5.78 Å². The molecule has 2 aromatic carbocycles. The second kappa shape index (κ2) is 5.94. The molecule has 0 amide bonds. The minimum atomic E-state index is -3.85. The molecular weight excluding hydrogens is 308 g/mol. The minimum Gasteiger partial charge on any atom is -0.295 e. The van der Waals surface area contributed by atoms with Crippen LogP contribution in [0.3, 0.4) is 0 Å². The summed E-state index contributed by atoms with van der Waals surface area (Å²) in [6.45, 7) is 1.41. The van der Waals surface area contributed by atoms with Gasteiger partial charge in [-0.1, -0.05) is 0 Å². The summed E-state index contributed by atoms with van der Waals surface area (Å²) < 4.78 is 26.6. The van der Waals surface area contributed by atoms with E-state index in [4.69, 9.17) is 0 Å². The number of nitro benzene ring substituents is 1. The number of carbonyl (C=O) groups excluding carboxylic acids is 1. The smallest absolute Gasteiger partial charge is 0.269 e. The van der Waals surface area contributed by atoms with Crippen molar-refractivity contribution >= 4 is 27.2 Å². The quantitative estimate of drug-likeness (QED) is 0.517. The zero-order valence-corrected chi connectivity index (χ0v) is 12.3. The van der Waals surface area contributed by atoms with E-state index in [1.807, 2.05) is 0 Å². The van der Waals surface area contributed by atoms with E-state index in [0.29, 0.717) is 11.3 Å². The second-order valence-corrected chi connectivity index (χ2v) is 6.17. The number of rotatable bonds is 5. The van der Waals surface area contributed by atoms with Gasteiger partial charge in [-0.2, -0.15) is 0 Å². The minimum absolute atomic E-state index is 0.0891. The van der Waals surface area contributed by atoms with Crippen LogP contribution in [-0.4, -0.2) is 19.1 Å². The molecule has 0 bridgehead atoms. The van der Waals surface area contributed by atoms with E-state index in [2.05, 4.69) is 4.72 Å². The molecule has 0 saturated heterocycles. The third-order valence-electron chi connectivity index (χ3n) is 2.90. The molecule has 7 nitrogen and oxygen atoms in total. The zero-order chi connectivity index (χ0) is 16.3. The van der Waals surface area contributed by atoms with Crippen molar-refractivity contribution < 1.29 is 18.1 Å². The van der Waals surface area contributed by atoms with Crippen LogP contribution >= 0.6 is 0 Å². The molecule has 0 unspecified atom stereocenters. The van der Waals surface area contributed by atoms with Crippen molar-refractivity contribution in [2.75, 3.05) is 4.72 Å². The highest BCUT2D eigenvalue weighted by Crippen LogP contribution is 2.19. The van der Waals surface area contributed by atoms with Crippen LogP contribution in [0.5, 0.6) is 0 Å². The number of nitro groups is 1. The average molecular weight is 320 g/mol. The van der Waals surface area contributed by atoms with E-state index in [-0.39, 0.29) is 16.4 Å². The first-order chi connectivity index (χ1) is 10.3. The summed E-state index contributed by atoms with van der Waals surface area (Å²) in [5.74, 6) is -0.121. The van der Waals surface area contributed by atoms with Crippen molar-refractivity contribution in [3.63, 3.8) is 0 Å². The van der Waals surface area contributed by atoms with Crippen LogP contribution in [-0.2, 0) is 10.0 Å². The number of Topliss-reactive ketones (excluding diaryl/α,β-unsaturated/α-hetero) is 1. The predicted octanol–water partition coefficient (Wildman–Crippen LogP) is 2.60. The molecule has 0 aliphatic heterocycles. The maximum atomic E-state index is 12.2. The highest BCUT2D eigenvalue weighted by molar-refractivity contribution is 7.92. The molecule has 1 N–H and O–H groups in total.